The number of hydrogen-bond acceptors (Lipinski definition) is 4. The fourth-order valence-electron chi connectivity index (χ4n) is 1.86. The van der Waals surface area contributed by atoms with Crippen molar-refractivity contribution in [2.24, 2.45) is 5.73 Å². The Kier molecular flexibility index (Phi) is 4.36. The summed E-state index contributed by atoms with van der Waals surface area (Å²) in [6, 6.07) is 8.00. The van der Waals surface area contributed by atoms with Crippen LogP contribution >= 0.6 is 0 Å². The van der Waals surface area contributed by atoms with Crippen molar-refractivity contribution in [1.29, 1.82) is 0 Å². The maximum Gasteiger partial charge on any atom is 0.128 e. The fraction of sp³-hybridized carbons (Fsp3) is 0.357. The highest BCUT2D eigenvalue weighted by molar-refractivity contribution is 5.39. The molecule has 0 saturated carbocycles. The second-order valence-electron chi connectivity index (χ2n) is 4.16. The number of aromatic nitrogens is 1. The Labute approximate surface area is 107 Å². The summed E-state index contributed by atoms with van der Waals surface area (Å²) in [6.45, 7) is 4.40. The summed E-state index contributed by atoms with van der Waals surface area (Å²) in [5.74, 6) is 1.92. The van der Waals surface area contributed by atoms with E-state index in [1.54, 1.807) is 6.26 Å². The van der Waals surface area contributed by atoms with E-state index in [0.717, 1.165) is 31.1 Å². The van der Waals surface area contributed by atoms with E-state index in [1.807, 2.05) is 24.4 Å². The van der Waals surface area contributed by atoms with Crippen molar-refractivity contribution in [1.82, 2.24) is 4.98 Å². The van der Waals surface area contributed by atoms with E-state index in [2.05, 4.69) is 22.9 Å². The molecule has 96 valence electrons. The molecule has 2 aromatic heterocycles. The molecule has 2 heterocycles. The van der Waals surface area contributed by atoms with Crippen LogP contribution in [0.5, 0.6) is 0 Å². The van der Waals surface area contributed by atoms with Crippen LogP contribution in [-0.4, -0.2) is 18.1 Å². The summed E-state index contributed by atoms with van der Waals surface area (Å²) in [5, 5.41) is 0. The molecule has 0 saturated heterocycles. The topological polar surface area (TPSA) is 55.3 Å². The lowest BCUT2D eigenvalue weighted by atomic mass is 10.2. The van der Waals surface area contributed by atoms with Gasteiger partial charge in [0.25, 0.3) is 0 Å². The maximum absolute atomic E-state index is 5.52. The zero-order valence-electron chi connectivity index (χ0n) is 10.7. The Morgan fingerprint density at radius 1 is 1.33 bits per heavy atom. The monoisotopic (exact) mass is 245 g/mol. The van der Waals surface area contributed by atoms with E-state index >= 15 is 0 Å². The van der Waals surface area contributed by atoms with Crippen LogP contribution in [0, 0.1) is 0 Å². The van der Waals surface area contributed by atoms with Gasteiger partial charge in [0.1, 0.15) is 11.6 Å². The molecule has 0 amide bonds. The van der Waals surface area contributed by atoms with E-state index in [1.165, 1.54) is 5.56 Å². The van der Waals surface area contributed by atoms with Crippen LogP contribution in [0.3, 0.4) is 0 Å². The molecular weight excluding hydrogens is 226 g/mol. The van der Waals surface area contributed by atoms with Crippen LogP contribution in [-0.2, 0) is 13.0 Å². The zero-order valence-corrected chi connectivity index (χ0v) is 10.7. The minimum absolute atomic E-state index is 0.658. The van der Waals surface area contributed by atoms with Crippen molar-refractivity contribution in [3.05, 3.63) is 48.0 Å². The van der Waals surface area contributed by atoms with Crippen molar-refractivity contribution in [3.8, 4) is 0 Å². The average molecular weight is 245 g/mol. The van der Waals surface area contributed by atoms with Crippen molar-refractivity contribution in [2.45, 2.75) is 19.9 Å². The SMILES string of the molecule is CCN(Cc1ccco1)c1ccc(CCN)cn1. The van der Waals surface area contributed by atoms with Gasteiger partial charge in [-0.2, -0.15) is 0 Å². The van der Waals surface area contributed by atoms with Gasteiger partial charge in [-0.1, -0.05) is 6.07 Å². The third-order valence-corrected chi connectivity index (χ3v) is 2.87. The summed E-state index contributed by atoms with van der Waals surface area (Å²) in [4.78, 5) is 6.65. The number of pyridine rings is 1. The first-order valence-electron chi connectivity index (χ1n) is 6.25. The lowest BCUT2D eigenvalue weighted by Crippen LogP contribution is -2.22. The van der Waals surface area contributed by atoms with Crippen LogP contribution in [0.15, 0.2) is 41.1 Å². The van der Waals surface area contributed by atoms with Crippen molar-refractivity contribution >= 4 is 5.82 Å². The zero-order chi connectivity index (χ0) is 12.8. The van der Waals surface area contributed by atoms with Gasteiger partial charge in [-0.15, -0.1) is 0 Å². The quantitative estimate of drug-likeness (QED) is 0.847. The fourth-order valence-corrected chi connectivity index (χ4v) is 1.86. The van der Waals surface area contributed by atoms with E-state index in [-0.39, 0.29) is 0 Å². The van der Waals surface area contributed by atoms with Gasteiger partial charge in [-0.05, 0) is 43.7 Å². The van der Waals surface area contributed by atoms with Crippen LogP contribution < -0.4 is 10.6 Å². The van der Waals surface area contributed by atoms with Gasteiger partial charge in [-0.3, -0.25) is 0 Å². The standard InChI is InChI=1S/C14H19N3O/c1-2-17(11-13-4-3-9-18-13)14-6-5-12(7-8-15)10-16-14/h3-6,9-10H,2,7-8,11,15H2,1H3. The average Bonchev–Trinajstić information content (AvgIpc) is 2.90. The molecule has 0 atom stereocenters. The summed E-state index contributed by atoms with van der Waals surface area (Å²) >= 11 is 0. The van der Waals surface area contributed by atoms with Gasteiger partial charge in [-0.25, -0.2) is 4.98 Å². The molecule has 0 aliphatic heterocycles. The second kappa shape index (κ2) is 6.21. The molecule has 0 spiro atoms. The Morgan fingerprint density at radius 2 is 2.22 bits per heavy atom. The van der Waals surface area contributed by atoms with Crippen LogP contribution in [0.25, 0.3) is 0 Å². The molecule has 0 aromatic carbocycles. The lowest BCUT2D eigenvalue weighted by molar-refractivity contribution is 0.503. The van der Waals surface area contributed by atoms with Gasteiger partial charge in [0.15, 0.2) is 0 Å². The van der Waals surface area contributed by atoms with Gasteiger partial charge in [0.05, 0.1) is 12.8 Å². The molecule has 0 aliphatic carbocycles. The maximum atomic E-state index is 5.52. The van der Waals surface area contributed by atoms with E-state index < -0.39 is 0 Å². The molecule has 0 aliphatic rings. The summed E-state index contributed by atoms with van der Waals surface area (Å²) in [6.07, 6.45) is 4.46. The normalized spacial score (nSPS) is 10.6. The third-order valence-electron chi connectivity index (χ3n) is 2.87. The smallest absolute Gasteiger partial charge is 0.128 e. The van der Waals surface area contributed by atoms with Gasteiger partial charge in [0.2, 0.25) is 0 Å². The van der Waals surface area contributed by atoms with Gasteiger partial charge < -0.3 is 15.1 Å². The number of anilines is 1. The predicted octanol–water partition coefficient (Wildman–Crippen LogP) is 2.20. The van der Waals surface area contributed by atoms with E-state index in [4.69, 9.17) is 10.2 Å². The number of furan rings is 1. The van der Waals surface area contributed by atoms with Crippen LogP contribution in [0.4, 0.5) is 5.82 Å². The van der Waals surface area contributed by atoms with Crippen molar-refractivity contribution in [3.63, 3.8) is 0 Å². The summed E-state index contributed by atoms with van der Waals surface area (Å²) < 4.78 is 5.36. The predicted molar refractivity (Wildman–Crippen MR) is 72.4 cm³/mol. The Bertz CT molecular complexity index is 450. The van der Waals surface area contributed by atoms with Gasteiger partial charge >= 0.3 is 0 Å². The Hall–Kier alpha value is -1.81. The largest absolute Gasteiger partial charge is 0.467 e. The first kappa shape index (κ1) is 12.6. The molecule has 0 fully saturated rings. The van der Waals surface area contributed by atoms with Crippen molar-refractivity contribution in [2.75, 3.05) is 18.0 Å². The molecule has 18 heavy (non-hydrogen) atoms. The number of nitrogens with two attached hydrogens (primary N) is 1. The Balaban J connectivity index is 2.07. The molecule has 0 bridgehead atoms. The molecule has 2 rings (SSSR count). The lowest BCUT2D eigenvalue weighted by Gasteiger charge is -2.20. The summed E-state index contributed by atoms with van der Waals surface area (Å²) in [7, 11) is 0. The highest BCUT2D eigenvalue weighted by Crippen LogP contribution is 2.15. The molecule has 0 radical (unpaired) electrons. The highest BCUT2D eigenvalue weighted by atomic mass is 16.3. The number of hydrogen-bond donors (Lipinski definition) is 1. The highest BCUT2D eigenvalue weighted by Gasteiger charge is 2.08. The summed E-state index contributed by atoms with van der Waals surface area (Å²) in [5.41, 5.74) is 6.70. The van der Waals surface area contributed by atoms with Crippen molar-refractivity contribution < 1.29 is 4.42 Å². The number of rotatable bonds is 6. The van der Waals surface area contributed by atoms with Gasteiger partial charge in [0, 0.05) is 12.7 Å². The van der Waals surface area contributed by atoms with E-state index in [0.29, 0.717) is 6.54 Å². The number of nitrogens with zero attached hydrogens (tertiary/aromatic N) is 2. The Morgan fingerprint density at radius 3 is 2.78 bits per heavy atom. The second-order valence-corrected chi connectivity index (χ2v) is 4.16. The third kappa shape index (κ3) is 3.11. The van der Waals surface area contributed by atoms with Crippen LogP contribution in [0.1, 0.15) is 18.2 Å². The minimum atomic E-state index is 0.658. The first-order valence-corrected chi connectivity index (χ1v) is 6.25. The van der Waals surface area contributed by atoms with Crippen LogP contribution in [0.2, 0.25) is 0 Å². The molecular formula is C14H19N3O. The molecule has 2 N–H and O–H groups in total. The molecule has 4 heteroatoms. The molecule has 2 aromatic rings. The molecule has 4 nitrogen and oxygen atoms in total. The van der Waals surface area contributed by atoms with E-state index in [9.17, 15) is 0 Å². The minimum Gasteiger partial charge on any atom is -0.467 e. The molecule has 0 unspecified atom stereocenters. The first-order chi connectivity index (χ1) is 8.83.